The molecule has 4 rings (SSSR count). The maximum absolute atomic E-state index is 12.7. The fourth-order valence-corrected chi connectivity index (χ4v) is 4.04. The second-order valence-corrected chi connectivity index (χ2v) is 7.47. The van der Waals surface area contributed by atoms with E-state index in [-0.39, 0.29) is 17.7 Å². The van der Waals surface area contributed by atoms with Gasteiger partial charge in [0.1, 0.15) is 10.0 Å². The molecule has 1 fully saturated rings. The van der Waals surface area contributed by atoms with Gasteiger partial charge in [-0.15, -0.1) is 10.2 Å². The van der Waals surface area contributed by atoms with Crippen molar-refractivity contribution < 1.29 is 4.79 Å². The van der Waals surface area contributed by atoms with E-state index in [1.54, 1.807) is 4.68 Å². The standard InChI is InChI=1S/C18H20N6OS/c1-24-11-13(7-21-24)14-8-19-9-15(14)17(25)20-10-16-22-23-18(26-16)12-5-3-2-4-6-12/h2-7,11,14-15,19H,8-10H2,1H3,(H,20,25)/t14-,15+/m1/s1. The molecule has 0 spiro atoms. The van der Waals surface area contributed by atoms with E-state index in [0.29, 0.717) is 13.1 Å². The van der Waals surface area contributed by atoms with E-state index in [2.05, 4.69) is 25.9 Å². The van der Waals surface area contributed by atoms with E-state index < -0.39 is 0 Å². The SMILES string of the molecule is Cn1cc([C@H]2CNC[C@@H]2C(=O)NCc2nnc(-c3ccccc3)s2)cn1. The number of benzene rings is 1. The Morgan fingerprint density at radius 3 is 2.92 bits per heavy atom. The van der Waals surface area contributed by atoms with Crippen LogP contribution in [0.25, 0.3) is 10.6 Å². The maximum atomic E-state index is 12.7. The van der Waals surface area contributed by atoms with Crippen molar-refractivity contribution in [2.75, 3.05) is 13.1 Å². The molecule has 26 heavy (non-hydrogen) atoms. The van der Waals surface area contributed by atoms with Gasteiger partial charge in [0.25, 0.3) is 0 Å². The van der Waals surface area contributed by atoms with Gasteiger partial charge in [0.15, 0.2) is 0 Å². The molecule has 0 saturated carbocycles. The predicted octanol–water partition coefficient (Wildman–Crippen LogP) is 1.56. The van der Waals surface area contributed by atoms with Crippen molar-refractivity contribution in [1.82, 2.24) is 30.6 Å². The molecule has 2 atom stereocenters. The summed E-state index contributed by atoms with van der Waals surface area (Å²) in [7, 11) is 1.89. The molecule has 0 unspecified atom stereocenters. The van der Waals surface area contributed by atoms with E-state index in [0.717, 1.165) is 27.7 Å². The van der Waals surface area contributed by atoms with Gasteiger partial charge in [-0.05, 0) is 5.56 Å². The van der Waals surface area contributed by atoms with Crippen molar-refractivity contribution in [3.05, 3.63) is 53.3 Å². The number of nitrogens with one attached hydrogen (secondary N) is 2. The third kappa shape index (κ3) is 3.51. The molecule has 2 aromatic heterocycles. The number of aryl methyl sites for hydroxylation is 1. The Kier molecular flexibility index (Phi) is 4.77. The summed E-state index contributed by atoms with van der Waals surface area (Å²) in [5.74, 6) is 0.0963. The highest BCUT2D eigenvalue weighted by molar-refractivity contribution is 7.14. The molecular formula is C18H20N6OS. The van der Waals surface area contributed by atoms with Crippen molar-refractivity contribution in [2.45, 2.75) is 12.5 Å². The number of amides is 1. The largest absolute Gasteiger partial charge is 0.349 e. The van der Waals surface area contributed by atoms with Gasteiger partial charge in [-0.25, -0.2) is 0 Å². The van der Waals surface area contributed by atoms with Gasteiger partial charge in [-0.2, -0.15) is 5.10 Å². The summed E-state index contributed by atoms with van der Waals surface area (Å²) in [6.45, 7) is 1.87. The van der Waals surface area contributed by atoms with Crippen molar-refractivity contribution in [3.8, 4) is 10.6 Å². The van der Waals surface area contributed by atoms with E-state index in [1.165, 1.54) is 11.3 Å². The third-order valence-corrected chi connectivity index (χ3v) is 5.58. The summed E-state index contributed by atoms with van der Waals surface area (Å²) >= 11 is 1.51. The lowest BCUT2D eigenvalue weighted by molar-refractivity contribution is -0.125. The molecule has 0 radical (unpaired) electrons. The Morgan fingerprint density at radius 2 is 2.15 bits per heavy atom. The summed E-state index contributed by atoms with van der Waals surface area (Å²) in [6.07, 6.45) is 3.82. The zero-order valence-electron chi connectivity index (χ0n) is 14.4. The Morgan fingerprint density at radius 1 is 1.31 bits per heavy atom. The van der Waals surface area contributed by atoms with Gasteiger partial charge in [-0.1, -0.05) is 41.7 Å². The molecule has 1 aliphatic heterocycles. The monoisotopic (exact) mass is 368 g/mol. The summed E-state index contributed by atoms with van der Waals surface area (Å²) in [6, 6.07) is 9.94. The maximum Gasteiger partial charge on any atom is 0.225 e. The number of hydrogen-bond donors (Lipinski definition) is 2. The van der Waals surface area contributed by atoms with Crippen molar-refractivity contribution >= 4 is 17.2 Å². The third-order valence-electron chi connectivity index (χ3n) is 4.61. The average molecular weight is 368 g/mol. The highest BCUT2D eigenvalue weighted by Crippen LogP contribution is 2.28. The number of carbonyl (C=O) groups is 1. The van der Waals surface area contributed by atoms with Gasteiger partial charge < -0.3 is 10.6 Å². The lowest BCUT2D eigenvalue weighted by atomic mass is 9.90. The topological polar surface area (TPSA) is 84.7 Å². The first-order chi connectivity index (χ1) is 12.7. The lowest BCUT2D eigenvalue weighted by Crippen LogP contribution is -2.33. The van der Waals surface area contributed by atoms with E-state index in [9.17, 15) is 4.79 Å². The van der Waals surface area contributed by atoms with Crippen LogP contribution in [0.3, 0.4) is 0 Å². The van der Waals surface area contributed by atoms with Crippen LogP contribution < -0.4 is 10.6 Å². The van der Waals surface area contributed by atoms with Gasteiger partial charge in [0.05, 0.1) is 18.7 Å². The Labute approximate surface area is 155 Å². The van der Waals surface area contributed by atoms with Crippen LogP contribution in [-0.4, -0.2) is 39.0 Å². The van der Waals surface area contributed by atoms with Crippen LogP contribution in [-0.2, 0) is 18.4 Å². The summed E-state index contributed by atoms with van der Waals surface area (Å²) in [5.41, 5.74) is 2.14. The molecule has 2 N–H and O–H groups in total. The number of nitrogens with zero attached hydrogens (tertiary/aromatic N) is 4. The average Bonchev–Trinajstić information content (AvgIpc) is 3.40. The highest BCUT2D eigenvalue weighted by Gasteiger charge is 2.34. The van der Waals surface area contributed by atoms with Crippen LogP contribution in [0.1, 0.15) is 16.5 Å². The molecule has 8 heteroatoms. The van der Waals surface area contributed by atoms with Gasteiger partial charge >= 0.3 is 0 Å². The van der Waals surface area contributed by atoms with Crippen molar-refractivity contribution in [2.24, 2.45) is 13.0 Å². The summed E-state index contributed by atoms with van der Waals surface area (Å²) in [4.78, 5) is 12.7. The van der Waals surface area contributed by atoms with Crippen LogP contribution in [0.4, 0.5) is 0 Å². The zero-order chi connectivity index (χ0) is 17.9. The molecular weight excluding hydrogens is 348 g/mol. The van der Waals surface area contributed by atoms with Crippen LogP contribution in [0.15, 0.2) is 42.7 Å². The number of carbonyl (C=O) groups excluding carboxylic acids is 1. The fourth-order valence-electron chi connectivity index (χ4n) is 3.25. The zero-order valence-corrected chi connectivity index (χ0v) is 15.2. The Hall–Kier alpha value is -2.58. The second kappa shape index (κ2) is 7.35. The molecule has 7 nitrogen and oxygen atoms in total. The molecule has 1 saturated heterocycles. The number of hydrogen-bond acceptors (Lipinski definition) is 6. The van der Waals surface area contributed by atoms with Crippen LogP contribution in [0, 0.1) is 5.92 Å². The van der Waals surface area contributed by atoms with Gasteiger partial charge in [0.2, 0.25) is 5.91 Å². The molecule has 1 aromatic carbocycles. The minimum atomic E-state index is -0.0966. The molecule has 0 aliphatic carbocycles. The number of rotatable bonds is 5. The van der Waals surface area contributed by atoms with Gasteiger partial charge in [0, 0.05) is 37.8 Å². The van der Waals surface area contributed by atoms with E-state index in [4.69, 9.17) is 0 Å². The molecule has 1 aliphatic rings. The lowest BCUT2D eigenvalue weighted by Gasteiger charge is -2.16. The summed E-state index contributed by atoms with van der Waals surface area (Å²) < 4.78 is 1.77. The first-order valence-electron chi connectivity index (χ1n) is 8.55. The summed E-state index contributed by atoms with van der Waals surface area (Å²) in [5, 5.41) is 20.6. The smallest absolute Gasteiger partial charge is 0.225 e. The highest BCUT2D eigenvalue weighted by atomic mass is 32.1. The fraction of sp³-hybridized carbons (Fsp3) is 0.333. The van der Waals surface area contributed by atoms with Crippen LogP contribution in [0.2, 0.25) is 0 Å². The number of aromatic nitrogens is 4. The van der Waals surface area contributed by atoms with Crippen molar-refractivity contribution in [1.29, 1.82) is 0 Å². The van der Waals surface area contributed by atoms with E-state index in [1.807, 2.05) is 49.8 Å². The minimum Gasteiger partial charge on any atom is -0.349 e. The predicted molar refractivity (Wildman–Crippen MR) is 99.5 cm³/mol. The quantitative estimate of drug-likeness (QED) is 0.714. The molecule has 3 aromatic rings. The van der Waals surface area contributed by atoms with Crippen LogP contribution >= 0.6 is 11.3 Å². The molecule has 134 valence electrons. The molecule has 0 bridgehead atoms. The molecule has 3 heterocycles. The Balaban J connectivity index is 1.39. The van der Waals surface area contributed by atoms with Gasteiger partial charge in [-0.3, -0.25) is 9.48 Å². The van der Waals surface area contributed by atoms with Crippen molar-refractivity contribution in [3.63, 3.8) is 0 Å². The van der Waals surface area contributed by atoms with Crippen LogP contribution in [0.5, 0.6) is 0 Å². The molecule has 1 amide bonds. The normalized spacial score (nSPS) is 19.6. The second-order valence-electron chi connectivity index (χ2n) is 6.40. The minimum absolute atomic E-state index is 0.0420. The first-order valence-corrected chi connectivity index (χ1v) is 9.37. The first kappa shape index (κ1) is 16.9. The van der Waals surface area contributed by atoms with E-state index >= 15 is 0 Å². The Bertz CT molecular complexity index is 890.